The molecule has 0 saturated carbocycles. The number of anilines is 3. The van der Waals surface area contributed by atoms with E-state index in [4.69, 9.17) is 9.84 Å². The van der Waals surface area contributed by atoms with Crippen LogP contribution in [0.4, 0.5) is 17.1 Å². The molecule has 48 heavy (non-hydrogen) atoms. The third-order valence-electron chi connectivity index (χ3n) is 9.43. The molecule has 0 unspecified atom stereocenters. The Morgan fingerprint density at radius 3 is 2.06 bits per heavy atom. The molecule has 8 aromatic rings. The molecule has 9 rings (SSSR count). The first-order valence-corrected chi connectivity index (χ1v) is 16.4. The molecule has 0 aliphatic carbocycles. The van der Waals surface area contributed by atoms with E-state index < -0.39 is 0 Å². The Morgan fingerprint density at radius 2 is 1.29 bits per heavy atom. The lowest BCUT2D eigenvalue weighted by atomic mass is 10.0. The van der Waals surface area contributed by atoms with Crippen LogP contribution in [0.25, 0.3) is 33.3 Å². The smallest absolute Gasteiger partial charge is 0.137 e. The number of ether oxygens (including phenoxy) is 1. The van der Waals surface area contributed by atoms with E-state index >= 15 is 0 Å². The average Bonchev–Trinajstić information content (AvgIpc) is 3.55. The number of nitrogens with zero attached hydrogens (tertiary/aromatic N) is 5. The van der Waals surface area contributed by atoms with Crippen molar-refractivity contribution in [3.63, 3.8) is 0 Å². The summed E-state index contributed by atoms with van der Waals surface area (Å²) in [6.07, 6.45) is 3.84. The van der Waals surface area contributed by atoms with Gasteiger partial charge in [-0.05, 0) is 92.4 Å². The molecule has 0 saturated heterocycles. The Kier molecular flexibility index (Phi) is 6.61. The molecule has 0 N–H and O–H groups in total. The van der Waals surface area contributed by atoms with Crippen LogP contribution >= 0.6 is 0 Å². The highest BCUT2D eigenvalue weighted by atomic mass is 16.5. The lowest BCUT2D eigenvalue weighted by Crippen LogP contribution is -2.13. The minimum atomic E-state index is 0.743. The summed E-state index contributed by atoms with van der Waals surface area (Å²) in [4.78, 5) is 7.08. The molecule has 5 aromatic carbocycles. The van der Waals surface area contributed by atoms with E-state index in [2.05, 4.69) is 125 Å². The Morgan fingerprint density at radius 1 is 0.604 bits per heavy atom. The molecule has 1 aliphatic heterocycles. The van der Waals surface area contributed by atoms with Crippen LogP contribution in [0, 0.1) is 13.8 Å². The fourth-order valence-electron chi connectivity index (χ4n) is 7.29. The van der Waals surface area contributed by atoms with Crippen molar-refractivity contribution in [3.05, 3.63) is 162 Å². The first-order chi connectivity index (χ1) is 23.6. The Labute approximate surface area is 279 Å². The summed E-state index contributed by atoms with van der Waals surface area (Å²) in [5.74, 6) is 2.37. The van der Waals surface area contributed by atoms with Crippen LogP contribution in [0.2, 0.25) is 0 Å². The van der Waals surface area contributed by atoms with Crippen molar-refractivity contribution in [2.24, 2.45) is 0 Å². The predicted molar refractivity (Wildman–Crippen MR) is 194 cm³/mol. The van der Waals surface area contributed by atoms with E-state index in [1.165, 1.54) is 27.9 Å². The average molecular weight is 624 g/mol. The van der Waals surface area contributed by atoms with Gasteiger partial charge >= 0.3 is 0 Å². The van der Waals surface area contributed by atoms with Crippen molar-refractivity contribution in [1.82, 2.24) is 19.3 Å². The van der Waals surface area contributed by atoms with E-state index in [9.17, 15) is 0 Å². The van der Waals surface area contributed by atoms with Gasteiger partial charge in [0.15, 0.2) is 0 Å². The minimum Gasteiger partial charge on any atom is -0.457 e. The van der Waals surface area contributed by atoms with Crippen molar-refractivity contribution < 1.29 is 4.74 Å². The predicted octanol–water partition coefficient (Wildman–Crippen LogP) is 10.3. The van der Waals surface area contributed by atoms with Gasteiger partial charge in [-0.25, -0.2) is 9.67 Å². The van der Waals surface area contributed by atoms with Gasteiger partial charge in [-0.15, -0.1) is 0 Å². The summed E-state index contributed by atoms with van der Waals surface area (Å²) in [6.45, 7) is 4.26. The number of rotatable bonds is 5. The molecule has 232 valence electrons. The summed E-state index contributed by atoms with van der Waals surface area (Å²) in [5.41, 5.74) is 11.4. The SMILES string of the molecule is Cc1nn(-c2cccc(Oc3ccc4c5ccccc5n(-c5ccccn5)c4c3)c2)c(C)c1N1c2ccccc2CCc2ccccc21. The zero-order chi connectivity index (χ0) is 32.2. The third kappa shape index (κ3) is 4.56. The Bertz CT molecular complexity index is 2430. The lowest BCUT2D eigenvalue weighted by molar-refractivity contribution is 0.482. The first kappa shape index (κ1) is 28.1. The monoisotopic (exact) mass is 623 g/mol. The van der Waals surface area contributed by atoms with Crippen molar-refractivity contribution in [2.75, 3.05) is 4.90 Å². The molecule has 4 heterocycles. The number of hydrogen-bond acceptors (Lipinski definition) is 4. The fraction of sp³-hybridized carbons (Fsp3) is 0.0952. The summed E-state index contributed by atoms with van der Waals surface area (Å²) in [5, 5.41) is 7.44. The Hall–Kier alpha value is -6.14. The summed E-state index contributed by atoms with van der Waals surface area (Å²) in [7, 11) is 0. The van der Waals surface area contributed by atoms with Crippen molar-refractivity contribution in [3.8, 4) is 23.0 Å². The zero-order valence-corrected chi connectivity index (χ0v) is 26.8. The highest BCUT2D eigenvalue weighted by Gasteiger charge is 2.27. The normalized spacial score (nSPS) is 12.6. The molecular formula is C42H33N5O. The molecule has 3 aromatic heterocycles. The molecule has 6 nitrogen and oxygen atoms in total. The van der Waals surface area contributed by atoms with E-state index in [1.807, 2.05) is 47.3 Å². The van der Waals surface area contributed by atoms with E-state index in [0.717, 1.165) is 69.3 Å². The molecule has 0 fully saturated rings. The number of aryl methyl sites for hydroxylation is 3. The standard InChI is InChI=1S/C42H33N5O/c1-28-42(46-37-17-6-3-12-30(37)21-22-31-13-4-7-18-38(31)46)29(2)47(44-28)32-14-11-15-33(26-32)48-34-23-24-36-35-16-5-8-19-39(35)45(40(36)27-34)41-20-9-10-25-43-41/h3-20,23-27H,21-22H2,1-2H3. The van der Waals surface area contributed by atoms with Gasteiger partial charge in [-0.3, -0.25) is 4.57 Å². The van der Waals surface area contributed by atoms with Gasteiger partial charge in [0.05, 0.1) is 33.8 Å². The van der Waals surface area contributed by atoms with Gasteiger partial charge in [-0.2, -0.15) is 5.10 Å². The van der Waals surface area contributed by atoms with Crippen LogP contribution in [0.5, 0.6) is 11.5 Å². The summed E-state index contributed by atoms with van der Waals surface area (Å²) < 4.78 is 10.8. The second kappa shape index (κ2) is 11.3. The molecular weight excluding hydrogens is 590 g/mol. The van der Waals surface area contributed by atoms with Crippen molar-refractivity contribution >= 4 is 38.9 Å². The number of aromatic nitrogens is 4. The summed E-state index contributed by atoms with van der Waals surface area (Å²) in [6, 6.07) is 46.4. The molecule has 0 spiro atoms. The summed E-state index contributed by atoms with van der Waals surface area (Å²) >= 11 is 0. The van der Waals surface area contributed by atoms with Crippen molar-refractivity contribution in [1.29, 1.82) is 0 Å². The largest absolute Gasteiger partial charge is 0.457 e. The molecule has 1 aliphatic rings. The fourth-order valence-corrected chi connectivity index (χ4v) is 7.29. The molecule has 0 amide bonds. The number of fused-ring (bicyclic) bond motifs is 5. The van der Waals surface area contributed by atoms with Crippen molar-refractivity contribution in [2.45, 2.75) is 26.7 Å². The van der Waals surface area contributed by atoms with Crippen LogP contribution in [0.3, 0.4) is 0 Å². The topological polar surface area (TPSA) is 48.1 Å². The number of pyridine rings is 1. The van der Waals surface area contributed by atoms with E-state index in [-0.39, 0.29) is 0 Å². The van der Waals surface area contributed by atoms with Crippen LogP contribution in [0.15, 0.2) is 140 Å². The van der Waals surface area contributed by atoms with E-state index in [0.29, 0.717) is 0 Å². The van der Waals surface area contributed by atoms with Gasteiger partial charge in [0.2, 0.25) is 0 Å². The maximum atomic E-state index is 6.55. The molecule has 6 heteroatoms. The van der Waals surface area contributed by atoms with Crippen LogP contribution < -0.4 is 9.64 Å². The minimum absolute atomic E-state index is 0.743. The van der Waals surface area contributed by atoms with E-state index in [1.54, 1.807) is 0 Å². The quantitative estimate of drug-likeness (QED) is 0.191. The highest BCUT2D eigenvalue weighted by molar-refractivity contribution is 6.09. The maximum Gasteiger partial charge on any atom is 0.137 e. The van der Waals surface area contributed by atoms with Crippen LogP contribution in [-0.2, 0) is 12.8 Å². The Balaban J connectivity index is 1.11. The molecule has 0 atom stereocenters. The second-order valence-electron chi connectivity index (χ2n) is 12.3. The zero-order valence-electron chi connectivity index (χ0n) is 26.8. The van der Waals surface area contributed by atoms with Crippen LogP contribution in [-0.4, -0.2) is 19.3 Å². The van der Waals surface area contributed by atoms with Gasteiger partial charge in [0, 0.05) is 40.5 Å². The maximum absolute atomic E-state index is 6.55. The number of para-hydroxylation sites is 3. The second-order valence-corrected chi connectivity index (χ2v) is 12.3. The number of hydrogen-bond donors (Lipinski definition) is 0. The highest BCUT2D eigenvalue weighted by Crippen LogP contribution is 2.44. The lowest BCUT2D eigenvalue weighted by Gasteiger charge is -2.27. The molecule has 0 bridgehead atoms. The van der Waals surface area contributed by atoms with Gasteiger partial charge in [0.25, 0.3) is 0 Å². The van der Waals surface area contributed by atoms with Gasteiger partial charge in [0.1, 0.15) is 17.3 Å². The van der Waals surface area contributed by atoms with Gasteiger partial charge in [-0.1, -0.05) is 66.7 Å². The molecule has 0 radical (unpaired) electrons. The third-order valence-corrected chi connectivity index (χ3v) is 9.43. The van der Waals surface area contributed by atoms with Crippen LogP contribution in [0.1, 0.15) is 22.5 Å². The first-order valence-electron chi connectivity index (χ1n) is 16.4. The van der Waals surface area contributed by atoms with Gasteiger partial charge < -0.3 is 9.64 Å². The number of benzene rings is 5.